The molecule has 2 aromatic rings. The zero-order chi connectivity index (χ0) is 13.4. The van der Waals surface area contributed by atoms with Crippen molar-refractivity contribution in [3.05, 3.63) is 53.0 Å². The van der Waals surface area contributed by atoms with Crippen LogP contribution < -0.4 is 0 Å². The molecule has 0 amide bonds. The van der Waals surface area contributed by atoms with E-state index in [4.69, 9.17) is 4.98 Å². The first-order valence-corrected chi connectivity index (χ1v) is 6.57. The van der Waals surface area contributed by atoms with Crippen molar-refractivity contribution in [3.8, 4) is 11.3 Å². The molecule has 1 aromatic carbocycles. The lowest BCUT2D eigenvalue weighted by molar-refractivity contribution is 0.310. The lowest BCUT2D eigenvalue weighted by Gasteiger charge is -2.24. The molecule has 1 aromatic heterocycles. The molecule has 0 spiro atoms. The lowest BCUT2D eigenvalue weighted by Crippen LogP contribution is -2.27. The summed E-state index contributed by atoms with van der Waals surface area (Å²) in [4.78, 5) is 7.04. The molecule has 1 aliphatic heterocycles. The van der Waals surface area contributed by atoms with Gasteiger partial charge in [0.2, 0.25) is 0 Å². The highest BCUT2D eigenvalue weighted by molar-refractivity contribution is 5.60. The first kappa shape index (κ1) is 12.3. The third-order valence-corrected chi connectivity index (χ3v) is 3.69. The Hall–Kier alpha value is -1.74. The second kappa shape index (κ2) is 4.74. The van der Waals surface area contributed by atoms with Crippen LogP contribution in [0.1, 0.15) is 16.8 Å². The van der Waals surface area contributed by atoms with Crippen molar-refractivity contribution in [2.45, 2.75) is 19.9 Å². The number of hydrogen-bond donors (Lipinski definition) is 0. The Bertz CT molecular complexity index is 622. The fourth-order valence-electron chi connectivity index (χ4n) is 2.52. The molecular weight excluding hydrogens is 239 g/mol. The number of pyridine rings is 1. The summed E-state index contributed by atoms with van der Waals surface area (Å²) in [7, 11) is 2.13. The van der Waals surface area contributed by atoms with Gasteiger partial charge < -0.3 is 4.90 Å². The molecule has 0 radical (unpaired) electrons. The highest BCUT2D eigenvalue weighted by Crippen LogP contribution is 2.24. The van der Waals surface area contributed by atoms with Crippen LogP contribution in [0.4, 0.5) is 4.39 Å². The van der Waals surface area contributed by atoms with Crippen molar-refractivity contribution in [3.63, 3.8) is 0 Å². The van der Waals surface area contributed by atoms with E-state index in [-0.39, 0.29) is 5.82 Å². The molecule has 98 valence electrons. The van der Waals surface area contributed by atoms with Gasteiger partial charge in [0.15, 0.2) is 0 Å². The molecule has 3 heteroatoms. The lowest BCUT2D eigenvalue weighted by atomic mass is 10.0. The third-order valence-electron chi connectivity index (χ3n) is 3.69. The van der Waals surface area contributed by atoms with E-state index in [2.05, 4.69) is 18.0 Å². The van der Waals surface area contributed by atoms with Crippen LogP contribution in [-0.2, 0) is 13.0 Å². The van der Waals surface area contributed by atoms with Crippen LogP contribution in [0.15, 0.2) is 30.3 Å². The second-order valence-electron chi connectivity index (χ2n) is 5.25. The van der Waals surface area contributed by atoms with Gasteiger partial charge in [-0.15, -0.1) is 0 Å². The molecule has 0 atom stereocenters. The number of rotatable bonds is 1. The molecule has 0 fully saturated rings. The molecule has 0 saturated heterocycles. The Morgan fingerprint density at radius 2 is 2.05 bits per heavy atom. The number of nitrogens with zero attached hydrogens (tertiary/aromatic N) is 2. The quantitative estimate of drug-likeness (QED) is 0.779. The normalized spacial score (nSPS) is 15.3. The van der Waals surface area contributed by atoms with E-state index in [1.165, 1.54) is 17.3 Å². The molecular formula is C16H17FN2. The smallest absolute Gasteiger partial charge is 0.126 e. The van der Waals surface area contributed by atoms with E-state index in [1.54, 1.807) is 13.0 Å². The summed E-state index contributed by atoms with van der Waals surface area (Å²) in [6.07, 6.45) is 0.986. The van der Waals surface area contributed by atoms with E-state index in [0.717, 1.165) is 30.8 Å². The van der Waals surface area contributed by atoms with Gasteiger partial charge in [0.05, 0.1) is 5.69 Å². The summed E-state index contributed by atoms with van der Waals surface area (Å²) in [6, 6.07) is 9.35. The molecule has 0 aliphatic carbocycles. The summed E-state index contributed by atoms with van der Waals surface area (Å²) < 4.78 is 13.3. The molecule has 0 unspecified atom stereocenters. The maximum Gasteiger partial charge on any atom is 0.126 e. The van der Waals surface area contributed by atoms with Crippen LogP contribution in [-0.4, -0.2) is 23.5 Å². The fraction of sp³-hybridized carbons (Fsp3) is 0.312. The van der Waals surface area contributed by atoms with Crippen LogP contribution in [0.25, 0.3) is 11.3 Å². The van der Waals surface area contributed by atoms with Gasteiger partial charge in [0.25, 0.3) is 0 Å². The SMILES string of the molecule is Cc1cc(-c2ccc3c(n2)CCN(C)C3)ccc1F. The minimum absolute atomic E-state index is 0.164. The minimum atomic E-state index is -0.164. The number of aryl methyl sites for hydroxylation is 1. The number of halogens is 1. The maximum atomic E-state index is 13.3. The largest absolute Gasteiger partial charge is 0.302 e. The van der Waals surface area contributed by atoms with Crippen molar-refractivity contribution in [2.24, 2.45) is 0 Å². The summed E-state index contributed by atoms with van der Waals surface area (Å²) in [5.74, 6) is -0.164. The standard InChI is InChI=1S/C16H17FN2/c1-11-9-12(3-5-14(11)17)15-6-4-13-10-19(2)8-7-16(13)18-15/h3-6,9H,7-8,10H2,1-2H3. The molecule has 0 bridgehead atoms. The van der Waals surface area contributed by atoms with Crippen LogP contribution in [0.3, 0.4) is 0 Å². The second-order valence-corrected chi connectivity index (χ2v) is 5.25. The van der Waals surface area contributed by atoms with Crippen molar-refractivity contribution < 1.29 is 4.39 Å². The number of likely N-dealkylation sites (N-methyl/N-ethyl adjacent to an activating group) is 1. The Morgan fingerprint density at radius 1 is 1.21 bits per heavy atom. The van der Waals surface area contributed by atoms with Crippen LogP contribution in [0, 0.1) is 12.7 Å². The van der Waals surface area contributed by atoms with Crippen molar-refractivity contribution in [1.82, 2.24) is 9.88 Å². The third kappa shape index (κ3) is 2.38. The highest BCUT2D eigenvalue weighted by atomic mass is 19.1. The Kier molecular flexibility index (Phi) is 3.07. The number of benzene rings is 1. The van der Waals surface area contributed by atoms with Crippen LogP contribution in [0.5, 0.6) is 0 Å². The van der Waals surface area contributed by atoms with Gasteiger partial charge in [-0.3, -0.25) is 4.98 Å². The average molecular weight is 256 g/mol. The van der Waals surface area contributed by atoms with E-state index in [1.807, 2.05) is 12.1 Å². The van der Waals surface area contributed by atoms with Gasteiger partial charge in [-0.2, -0.15) is 0 Å². The molecule has 1 aliphatic rings. The fourth-order valence-corrected chi connectivity index (χ4v) is 2.52. The van der Waals surface area contributed by atoms with Gasteiger partial charge in [0, 0.05) is 30.8 Å². The minimum Gasteiger partial charge on any atom is -0.302 e. The molecule has 0 N–H and O–H groups in total. The Labute approximate surface area is 112 Å². The monoisotopic (exact) mass is 256 g/mol. The number of fused-ring (bicyclic) bond motifs is 1. The van der Waals surface area contributed by atoms with Gasteiger partial charge in [-0.25, -0.2) is 4.39 Å². The topological polar surface area (TPSA) is 16.1 Å². The number of aromatic nitrogens is 1. The zero-order valence-electron chi connectivity index (χ0n) is 11.3. The zero-order valence-corrected chi connectivity index (χ0v) is 11.3. The van der Waals surface area contributed by atoms with Gasteiger partial charge >= 0.3 is 0 Å². The van der Waals surface area contributed by atoms with E-state index in [0.29, 0.717) is 5.56 Å². The Morgan fingerprint density at radius 3 is 2.84 bits per heavy atom. The Balaban J connectivity index is 2.00. The highest BCUT2D eigenvalue weighted by Gasteiger charge is 2.15. The summed E-state index contributed by atoms with van der Waals surface area (Å²) in [5, 5.41) is 0. The first-order valence-electron chi connectivity index (χ1n) is 6.57. The average Bonchev–Trinajstić information content (AvgIpc) is 2.41. The van der Waals surface area contributed by atoms with E-state index >= 15 is 0 Å². The molecule has 2 nitrogen and oxygen atoms in total. The predicted molar refractivity (Wildman–Crippen MR) is 74.4 cm³/mol. The van der Waals surface area contributed by atoms with Gasteiger partial charge in [-0.1, -0.05) is 6.07 Å². The van der Waals surface area contributed by atoms with Crippen molar-refractivity contribution in [1.29, 1.82) is 0 Å². The van der Waals surface area contributed by atoms with Crippen LogP contribution in [0.2, 0.25) is 0 Å². The predicted octanol–water partition coefficient (Wildman–Crippen LogP) is 3.18. The molecule has 2 heterocycles. The molecule has 0 saturated carbocycles. The summed E-state index contributed by atoms with van der Waals surface area (Å²) >= 11 is 0. The van der Waals surface area contributed by atoms with Crippen LogP contribution >= 0.6 is 0 Å². The van der Waals surface area contributed by atoms with Gasteiger partial charge in [0.1, 0.15) is 5.82 Å². The number of hydrogen-bond acceptors (Lipinski definition) is 2. The molecule has 3 rings (SSSR count). The van der Waals surface area contributed by atoms with E-state index in [9.17, 15) is 4.39 Å². The maximum absolute atomic E-state index is 13.3. The van der Waals surface area contributed by atoms with Crippen molar-refractivity contribution >= 4 is 0 Å². The summed E-state index contributed by atoms with van der Waals surface area (Å²) in [6.45, 7) is 3.79. The molecule has 19 heavy (non-hydrogen) atoms. The summed E-state index contributed by atoms with van der Waals surface area (Å²) in [5.41, 5.74) is 5.07. The van der Waals surface area contributed by atoms with Gasteiger partial charge in [-0.05, 0) is 49.4 Å². The first-order chi connectivity index (χ1) is 9.13. The van der Waals surface area contributed by atoms with E-state index < -0.39 is 0 Å². The van der Waals surface area contributed by atoms with Crippen molar-refractivity contribution in [2.75, 3.05) is 13.6 Å².